The zero-order chi connectivity index (χ0) is 21.1. The first kappa shape index (κ1) is 19.2. The fraction of sp³-hybridized carbons (Fsp3) is 0.522. The molecule has 3 aromatic rings. The topological polar surface area (TPSA) is 91.5 Å². The average molecular weight is 422 g/mol. The Kier molecular flexibility index (Phi) is 4.31. The molecule has 1 N–H and O–H groups in total. The Labute approximate surface area is 180 Å². The van der Waals surface area contributed by atoms with Crippen LogP contribution in [-0.4, -0.2) is 50.5 Å². The van der Waals surface area contributed by atoms with Crippen molar-refractivity contribution in [1.82, 2.24) is 20.0 Å². The standard InChI is InChI=1S/C23H26N4O4/c1-15(21-10-27(26-25-21)22-5-6-23(12-22,13-28)30-14-22)31-17-2-3-20-19(8-17)18-4-7-29-11-16(18)9-24-20/h2-3,8-10,15,28H,4-7,11-14H2,1H3/t15-,22?,23?/m1/s1. The van der Waals surface area contributed by atoms with E-state index in [-0.39, 0.29) is 18.2 Å². The number of hydrogen-bond acceptors (Lipinski definition) is 7. The van der Waals surface area contributed by atoms with E-state index in [2.05, 4.69) is 21.4 Å². The molecular formula is C23H26N4O4. The van der Waals surface area contributed by atoms with Crippen LogP contribution >= 0.6 is 0 Å². The summed E-state index contributed by atoms with van der Waals surface area (Å²) in [6, 6.07) is 6.04. The van der Waals surface area contributed by atoms with Gasteiger partial charge in [0.05, 0.1) is 49.3 Å². The molecule has 2 fully saturated rings. The van der Waals surface area contributed by atoms with Crippen molar-refractivity contribution in [3.63, 3.8) is 0 Å². The Morgan fingerprint density at radius 3 is 3.06 bits per heavy atom. The zero-order valence-electron chi connectivity index (χ0n) is 17.6. The zero-order valence-corrected chi connectivity index (χ0v) is 17.6. The van der Waals surface area contributed by atoms with Crippen LogP contribution in [-0.2, 0) is 28.0 Å². The minimum absolute atomic E-state index is 0.0580. The van der Waals surface area contributed by atoms with Gasteiger partial charge in [-0.1, -0.05) is 5.21 Å². The number of aromatic nitrogens is 4. The van der Waals surface area contributed by atoms with E-state index >= 15 is 0 Å². The summed E-state index contributed by atoms with van der Waals surface area (Å²) in [7, 11) is 0. The van der Waals surface area contributed by atoms with Crippen molar-refractivity contribution in [2.24, 2.45) is 0 Å². The number of ether oxygens (including phenoxy) is 3. The third-order valence-corrected chi connectivity index (χ3v) is 7.15. The van der Waals surface area contributed by atoms with Gasteiger partial charge in [0.25, 0.3) is 0 Å². The predicted molar refractivity (Wildman–Crippen MR) is 112 cm³/mol. The number of fused-ring (bicyclic) bond motifs is 5. The van der Waals surface area contributed by atoms with E-state index in [0.29, 0.717) is 13.2 Å². The third-order valence-electron chi connectivity index (χ3n) is 7.15. The first-order chi connectivity index (χ1) is 15.1. The van der Waals surface area contributed by atoms with Crippen molar-refractivity contribution < 1.29 is 19.3 Å². The maximum absolute atomic E-state index is 9.71. The van der Waals surface area contributed by atoms with Gasteiger partial charge in [0.1, 0.15) is 17.5 Å². The van der Waals surface area contributed by atoms with E-state index in [9.17, 15) is 5.11 Å². The summed E-state index contributed by atoms with van der Waals surface area (Å²) in [6.07, 6.45) is 7.10. The number of rotatable bonds is 5. The van der Waals surface area contributed by atoms with Crippen molar-refractivity contribution >= 4 is 10.9 Å². The Morgan fingerprint density at radius 2 is 2.26 bits per heavy atom. The molecule has 4 heterocycles. The van der Waals surface area contributed by atoms with Gasteiger partial charge in [-0.25, -0.2) is 4.68 Å². The van der Waals surface area contributed by atoms with Crippen molar-refractivity contribution in [1.29, 1.82) is 0 Å². The van der Waals surface area contributed by atoms with Crippen LogP contribution in [0.15, 0.2) is 30.6 Å². The van der Waals surface area contributed by atoms with Gasteiger partial charge in [0.2, 0.25) is 0 Å². The number of aliphatic hydroxyl groups excluding tert-OH is 1. The summed E-state index contributed by atoms with van der Waals surface area (Å²) in [4.78, 5) is 4.56. The van der Waals surface area contributed by atoms with Crippen LogP contribution in [0.3, 0.4) is 0 Å². The van der Waals surface area contributed by atoms with E-state index < -0.39 is 5.60 Å². The Morgan fingerprint density at radius 1 is 1.32 bits per heavy atom. The molecule has 3 aliphatic rings. The number of pyridine rings is 1. The summed E-state index contributed by atoms with van der Waals surface area (Å²) in [5.74, 6) is 0.791. The molecule has 0 amide bonds. The molecule has 2 aliphatic heterocycles. The maximum atomic E-state index is 9.71. The molecule has 2 aromatic heterocycles. The second-order valence-corrected chi connectivity index (χ2v) is 9.12. The lowest BCUT2D eigenvalue weighted by molar-refractivity contribution is -0.0599. The highest BCUT2D eigenvalue weighted by molar-refractivity contribution is 5.84. The van der Waals surface area contributed by atoms with Crippen molar-refractivity contribution in [2.45, 2.75) is 56.5 Å². The minimum Gasteiger partial charge on any atom is -0.484 e. The van der Waals surface area contributed by atoms with Crippen LogP contribution in [0, 0.1) is 0 Å². The molecule has 2 unspecified atom stereocenters. The number of nitrogens with zero attached hydrogens (tertiary/aromatic N) is 4. The van der Waals surface area contributed by atoms with Gasteiger partial charge in [0.15, 0.2) is 0 Å². The normalized spacial score (nSPS) is 28.1. The Bertz CT molecular complexity index is 1140. The van der Waals surface area contributed by atoms with E-state index in [1.165, 1.54) is 5.56 Å². The van der Waals surface area contributed by atoms with Gasteiger partial charge in [-0.3, -0.25) is 4.98 Å². The number of benzene rings is 1. The molecule has 8 heteroatoms. The fourth-order valence-electron chi connectivity index (χ4n) is 5.29. The van der Waals surface area contributed by atoms with Crippen LogP contribution in [0.5, 0.6) is 5.75 Å². The SMILES string of the molecule is C[C@@H](Oc1ccc2ncc3c(c2c1)CCOC3)c1cn(C23CCC(CO)(C2)OC3)nn1. The summed E-state index contributed by atoms with van der Waals surface area (Å²) in [6.45, 7) is 3.97. The molecule has 1 saturated carbocycles. The molecule has 6 rings (SSSR count). The van der Waals surface area contributed by atoms with Crippen LogP contribution in [0.1, 0.15) is 49.1 Å². The lowest BCUT2D eigenvalue weighted by Crippen LogP contribution is -2.34. The average Bonchev–Trinajstić information content (AvgIpc) is 3.54. The largest absolute Gasteiger partial charge is 0.484 e. The molecule has 2 bridgehead atoms. The first-order valence-corrected chi connectivity index (χ1v) is 10.9. The molecule has 31 heavy (non-hydrogen) atoms. The monoisotopic (exact) mass is 422 g/mol. The smallest absolute Gasteiger partial charge is 0.141 e. The van der Waals surface area contributed by atoms with Crippen molar-refractivity contribution in [3.05, 3.63) is 47.4 Å². The second kappa shape index (κ2) is 6.98. The second-order valence-electron chi connectivity index (χ2n) is 9.12. The quantitative estimate of drug-likeness (QED) is 0.676. The highest BCUT2D eigenvalue weighted by atomic mass is 16.5. The third kappa shape index (κ3) is 3.04. The van der Waals surface area contributed by atoms with E-state index in [4.69, 9.17) is 14.2 Å². The summed E-state index contributed by atoms with van der Waals surface area (Å²) < 4.78 is 19.6. The number of aliphatic hydroxyl groups is 1. The lowest BCUT2D eigenvalue weighted by atomic mass is 9.99. The molecule has 1 aromatic carbocycles. The molecule has 162 valence electrons. The van der Waals surface area contributed by atoms with Gasteiger partial charge < -0.3 is 19.3 Å². The highest BCUT2D eigenvalue weighted by Gasteiger charge is 2.57. The van der Waals surface area contributed by atoms with E-state index in [1.54, 1.807) is 0 Å². The summed E-state index contributed by atoms with van der Waals surface area (Å²) >= 11 is 0. The predicted octanol–water partition coefficient (Wildman–Crippen LogP) is 2.68. The van der Waals surface area contributed by atoms with Crippen LogP contribution < -0.4 is 4.74 Å². The molecule has 0 radical (unpaired) electrons. The van der Waals surface area contributed by atoms with Crippen LogP contribution in [0.25, 0.3) is 10.9 Å². The van der Waals surface area contributed by atoms with Gasteiger partial charge in [-0.15, -0.1) is 5.10 Å². The minimum atomic E-state index is -0.405. The van der Waals surface area contributed by atoms with Gasteiger partial charge in [0, 0.05) is 18.0 Å². The van der Waals surface area contributed by atoms with Gasteiger partial charge in [-0.2, -0.15) is 0 Å². The lowest BCUT2D eigenvalue weighted by Gasteiger charge is -2.27. The van der Waals surface area contributed by atoms with E-state index in [0.717, 1.165) is 60.2 Å². The Hall–Kier alpha value is -2.55. The first-order valence-electron chi connectivity index (χ1n) is 10.9. The van der Waals surface area contributed by atoms with Crippen molar-refractivity contribution in [2.75, 3.05) is 19.8 Å². The highest BCUT2D eigenvalue weighted by Crippen LogP contribution is 2.51. The summed E-state index contributed by atoms with van der Waals surface area (Å²) in [5, 5.41) is 19.6. The Balaban J connectivity index is 1.24. The molecular weight excluding hydrogens is 396 g/mol. The number of hydrogen-bond donors (Lipinski definition) is 1. The van der Waals surface area contributed by atoms with Gasteiger partial charge >= 0.3 is 0 Å². The maximum Gasteiger partial charge on any atom is 0.141 e. The van der Waals surface area contributed by atoms with E-state index in [1.807, 2.05) is 36.1 Å². The van der Waals surface area contributed by atoms with Crippen LogP contribution in [0.4, 0.5) is 0 Å². The molecule has 1 aliphatic carbocycles. The van der Waals surface area contributed by atoms with Gasteiger partial charge in [-0.05, 0) is 55.5 Å². The summed E-state index contributed by atoms with van der Waals surface area (Å²) in [5.41, 5.74) is 3.60. The fourth-order valence-corrected chi connectivity index (χ4v) is 5.29. The molecule has 3 atom stereocenters. The molecule has 1 saturated heterocycles. The molecule has 8 nitrogen and oxygen atoms in total. The molecule has 0 spiro atoms. The van der Waals surface area contributed by atoms with Crippen molar-refractivity contribution in [3.8, 4) is 5.75 Å². The van der Waals surface area contributed by atoms with Crippen LogP contribution in [0.2, 0.25) is 0 Å².